The maximum Gasteiger partial charge on any atom is 0.251 e. The van der Waals surface area contributed by atoms with Crippen LogP contribution in [0.4, 0.5) is 5.69 Å². The number of hydrogen-bond acceptors (Lipinski definition) is 3. The Morgan fingerprint density at radius 2 is 1.86 bits per heavy atom. The van der Waals surface area contributed by atoms with Gasteiger partial charge in [0.2, 0.25) is 5.91 Å². The molecule has 0 bridgehead atoms. The van der Waals surface area contributed by atoms with Gasteiger partial charge in [-0.2, -0.15) is 0 Å². The van der Waals surface area contributed by atoms with Crippen LogP contribution in [0.3, 0.4) is 0 Å². The molecule has 21 heavy (non-hydrogen) atoms. The van der Waals surface area contributed by atoms with E-state index in [4.69, 9.17) is 0 Å². The van der Waals surface area contributed by atoms with E-state index in [0.717, 1.165) is 44.5 Å². The number of amides is 2. The largest absolute Gasteiger partial charge is 0.349 e. The molecule has 3 N–H and O–H groups in total. The van der Waals surface area contributed by atoms with E-state index in [-0.39, 0.29) is 17.7 Å². The van der Waals surface area contributed by atoms with Gasteiger partial charge in [-0.1, -0.05) is 0 Å². The molecule has 3 rings (SSSR count). The molecule has 1 atom stereocenters. The minimum absolute atomic E-state index is 0.0353. The number of piperidine rings is 1. The lowest BCUT2D eigenvalue weighted by Crippen LogP contribution is -2.37. The van der Waals surface area contributed by atoms with Gasteiger partial charge in [-0.25, -0.2) is 0 Å². The summed E-state index contributed by atoms with van der Waals surface area (Å²) in [4.78, 5) is 24.0. The van der Waals surface area contributed by atoms with Crippen molar-refractivity contribution in [2.45, 2.75) is 31.7 Å². The summed E-state index contributed by atoms with van der Waals surface area (Å²) in [5, 5.41) is 9.10. The zero-order valence-electron chi connectivity index (χ0n) is 12.0. The fraction of sp³-hybridized carbons (Fsp3) is 0.500. The molecular weight excluding hydrogens is 266 g/mol. The number of rotatable bonds is 4. The Balaban J connectivity index is 1.55. The first kappa shape index (κ1) is 14.1. The molecule has 0 spiro atoms. The zero-order valence-corrected chi connectivity index (χ0v) is 12.0. The van der Waals surface area contributed by atoms with Crippen molar-refractivity contribution in [1.82, 2.24) is 10.6 Å². The van der Waals surface area contributed by atoms with Crippen LogP contribution in [0.25, 0.3) is 0 Å². The molecule has 2 amide bonds. The molecule has 5 nitrogen and oxygen atoms in total. The molecule has 0 aromatic heterocycles. The number of carbonyl (C=O) groups is 2. The lowest BCUT2D eigenvalue weighted by Gasteiger charge is -2.21. The van der Waals surface area contributed by atoms with Crippen LogP contribution in [0, 0.1) is 5.92 Å². The standard InChI is InChI=1S/C16H21N3O2/c20-15(18-14-7-8-14)11-3-5-13(6-4-11)19-16(21)12-2-1-9-17-10-12/h3-6,12,14,17H,1-2,7-10H2,(H,18,20)(H,19,21)/t12-/m0/s1. The number of carbonyl (C=O) groups excluding carboxylic acids is 2. The Kier molecular flexibility index (Phi) is 4.20. The average molecular weight is 287 g/mol. The van der Waals surface area contributed by atoms with E-state index >= 15 is 0 Å². The molecule has 0 unspecified atom stereocenters. The maximum absolute atomic E-state index is 12.1. The molecule has 1 saturated heterocycles. The summed E-state index contributed by atoms with van der Waals surface area (Å²) in [5.74, 6) is 0.0563. The van der Waals surface area contributed by atoms with E-state index in [0.29, 0.717) is 11.6 Å². The Hall–Kier alpha value is -1.88. The second-order valence-electron chi connectivity index (χ2n) is 5.86. The second-order valence-corrected chi connectivity index (χ2v) is 5.86. The van der Waals surface area contributed by atoms with E-state index in [2.05, 4.69) is 16.0 Å². The SMILES string of the molecule is O=C(NC1CC1)c1ccc(NC(=O)[C@H]2CCCNC2)cc1. The minimum atomic E-state index is -0.0353. The number of benzene rings is 1. The van der Waals surface area contributed by atoms with Crippen molar-refractivity contribution in [2.75, 3.05) is 18.4 Å². The fourth-order valence-electron chi connectivity index (χ4n) is 2.52. The number of anilines is 1. The van der Waals surface area contributed by atoms with Crippen LogP contribution in [-0.4, -0.2) is 30.9 Å². The lowest BCUT2D eigenvalue weighted by molar-refractivity contribution is -0.120. The first-order valence-corrected chi connectivity index (χ1v) is 7.65. The average Bonchev–Trinajstić information content (AvgIpc) is 3.33. The predicted molar refractivity (Wildman–Crippen MR) is 81.2 cm³/mol. The van der Waals surface area contributed by atoms with E-state index in [9.17, 15) is 9.59 Å². The smallest absolute Gasteiger partial charge is 0.251 e. The highest BCUT2D eigenvalue weighted by Gasteiger charge is 2.24. The molecular formula is C16H21N3O2. The number of nitrogens with one attached hydrogen (secondary N) is 3. The summed E-state index contributed by atoms with van der Waals surface area (Å²) in [6, 6.07) is 7.45. The highest BCUT2D eigenvalue weighted by molar-refractivity contribution is 5.96. The maximum atomic E-state index is 12.1. The monoisotopic (exact) mass is 287 g/mol. The van der Waals surface area contributed by atoms with Crippen LogP contribution >= 0.6 is 0 Å². The first-order valence-electron chi connectivity index (χ1n) is 7.65. The Labute approximate surface area is 124 Å². The second kappa shape index (κ2) is 6.26. The van der Waals surface area contributed by atoms with Crippen molar-refractivity contribution < 1.29 is 9.59 Å². The quantitative estimate of drug-likeness (QED) is 0.786. The molecule has 1 aromatic rings. The van der Waals surface area contributed by atoms with Crippen molar-refractivity contribution >= 4 is 17.5 Å². The van der Waals surface area contributed by atoms with E-state index in [1.165, 1.54) is 0 Å². The highest BCUT2D eigenvalue weighted by Crippen LogP contribution is 2.20. The molecule has 112 valence electrons. The van der Waals surface area contributed by atoms with Gasteiger partial charge >= 0.3 is 0 Å². The molecule has 0 radical (unpaired) electrons. The third-order valence-electron chi connectivity index (χ3n) is 3.99. The normalized spacial score (nSPS) is 21.6. The Morgan fingerprint density at radius 1 is 1.10 bits per heavy atom. The summed E-state index contributed by atoms with van der Waals surface area (Å²) in [5.41, 5.74) is 1.38. The predicted octanol–water partition coefficient (Wildman–Crippen LogP) is 1.52. The molecule has 5 heteroatoms. The third-order valence-corrected chi connectivity index (χ3v) is 3.99. The van der Waals surface area contributed by atoms with Crippen molar-refractivity contribution in [3.8, 4) is 0 Å². The summed E-state index contributed by atoms with van der Waals surface area (Å²) >= 11 is 0. The summed E-state index contributed by atoms with van der Waals surface area (Å²) in [6.07, 6.45) is 4.13. The van der Waals surface area contributed by atoms with Gasteiger partial charge < -0.3 is 16.0 Å². The van der Waals surface area contributed by atoms with Crippen molar-refractivity contribution in [3.63, 3.8) is 0 Å². The van der Waals surface area contributed by atoms with Crippen molar-refractivity contribution in [2.24, 2.45) is 5.92 Å². The topological polar surface area (TPSA) is 70.2 Å². The molecule has 2 aliphatic rings. The zero-order chi connectivity index (χ0) is 14.7. The molecule has 2 fully saturated rings. The minimum Gasteiger partial charge on any atom is -0.349 e. The van der Waals surface area contributed by atoms with Gasteiger partial charge in [-0.05, 0) is 56.5 Å². The number of hydrogen-bond donors (Lipinski definition) is 3. The van der Waals surface area contributed by atoms with Gasteiger partial charge in [-0.3, -0.25) is 9.59 Å². The van der Waals surface area contributed by atoms with Crippen LogP contribution in [-0.2, 0) is 4.79 Å². The van der Waals surface area contributed by atoms with E-state index in [1.54, 1.807) is 24.3 Å². The van der Waals surface area contributed by atoms with Gasteiger partial charge in [0.15, 0.2) is 0 Å². The van der Waals surface area contributed by atoms with Crippen molar-refractivity contribution in [1.29, 1.82) is 0 Å². The van der Waals surface area contributed by atoms with Gasteiger partial charge in [0.1, 0.15) is 0 Å². The first-order chi connectivity index (χ1) is 10.2. The van der Waals surface area contributed by atoms with Crippen LogP contribution in [0.5, 0.6) is 0 Å². The van der Waals surface area contributed by atoms with Crippen LogP contribution in [0.2, 0.25) is 0 Å². The highest BCUT2D eigenvalue weighted by atomic mass is 16.2. The van der Waals surface area contributed by atoms with E-state index in [1.807, 2.05) is 0 Å². The molecule has 1 aliphatic carbocycles. The van der Waals surface area contributed by atoms with Crippen molar-refractivity contribution in [3.05, 3.63) is 29.8 Å². The lowest BCUT2D eigenvalue weighted by atomic mass is 9.99. The van der Waals surface area contributed by atoms with Gasteiger partial charge in [0.05, 0.1) is 5.92 Å². The molecule has 1 heterocycles. The molecule has 1 saturated carbocycles. The van der Waals surface area contributed by atoms with Gasteiger partial charge in [-0.15, -0.1) is 0 Å². The van der Waals surface area contributed by atoms with Crippen LogP contribution in [0.1, 0.15) is 36.0 Å². The van der Waals surface area contributed by atoms with Gasteiger partial charge in [0, 0.05) is 23.8 Å². The molecule has 1 aromatic carbocycles. The van der Waals surface area contributed by atoms with Crippen LogP contribution in [0.15, 0.2) is 24.3 Å². The van der Waals surface area contributed by atoms with Crippen LogP contribution < -0.4 is 16.0 Å². The molecule has 1 aliphatic heterocycles. The van der Waals surface area contributed by atoms with Gasteiger partial charge in [0.25, 0.3) is 5.91 Å². The fourth-order valence-corrected chi connectivity index (χ4v) is 2.52. The summed E-state index contributed by atoms with van der Waals surface area (Å²) in [7, 11) is 0. The Bertz CT molecular complexity index is 517. The summed E-state index contributed by atoms with van der Waals surface area (Å²) in [6.45, 7) is 1.74. The third kappa shape index (κ3) is 3.82. The van der Waals surface area contributed by atoms with E-state index < -0.39 is 0 Å². The Morgan fingerprint density at radius 3 is 2.48 bits per heavy atom. The summed E-state index contributed by atoms with van der Waals surface area (Å²) < 4.78 is 0.